The lowest BCUT2D eigenvalue weighted by Gasteiger charge is -2.13. The second-order valence-electron chi connectivity index (χ2n) is 7.32. The summed E-state index contributed by atoms with van der Waals surface area (Å²) in [6, 6.07) is 15.1. The van der Waals surface area contributed by atoms with Crippen LogP contribution in [0.4, 0.5) is 11.4 Å². The number of amides is 1. The monoisotopic (exact) mass is 384 g/mol. The van der Waals surface area contributed by atoms with Gasteiger partial charge in [0.1, 0.15) is 11.5 Å². The second-order valence-corrected chi connectivity index (χ2v) is 7.32. The average molecular weight is 385 g/mol. The number of ether oxygens (including phenoxy) is 2. The number of hydrogen-bond acceptors (Lipinski definition) is 4. The Hall–Kier alpha value is -2.69. The highest BCUT2D eigenvalue weighted by Crippen LogP contribution is 2.19. The fourth-order valence-electron chi connectivity index (χ4n) is 2.43. The maximum Gasteiger partial charge on any atom is 0.243 e. The van der Waals surface area contributed by atoms with Gasteiger partial charge in [0.2, 0.25) is 5.91 Å². The van der Waals surface area contributed by atoms with Crippen LogP contribution in [0.1, 0.15) is 40.5 Å². The molecule has 2 N–H and O–H groups in total. The second kappa shape index (κ2) is 11.2. The van der Waals surface area contributed by atoms with Gasteiger partial charge in [0.25, 0.3) is 0 Å². The summed E-state index contributed by atoms with van der Waals surface area (Å²) in [7, 11) is 0. The number of nitrogens with one attached hydrogen (secondary N) is 2. The van der Waals surface area contributed by atoms with Crippen molar-refractivity contribution in [1.29, 1.82) is 0 Å². The number of carbonyl (C=O) groups excluding carboxylic acids is 1. The molecule has 5 nitrogen and oxygen atoms in total. The van der Waals surface area contributed by atoms with E-state index in [9.17, 15) is 4.79 Å². The fourth-order valence-corrected chi connectivity index (χ4v) is 2.43. The zero-order valence-electron chi connectivity index (χ0n) is 17.3. The Morgan fingerprint density at radius 1 is 1.00 bits per heavy atom. The van der Waals surface area contributed by atoms with Crippen molar-refractivity contribution < 1.29 is 14.3 Å². The molecule has 152 valence electrons. The van der Waals surface area contributed by atoms with E-state index in [1.165, 1.54) is 0 Å². The minimum Gasteiger partial charge on any atom is -0.494 e. The van der Waals surface area contributed by atoms with E-state index in [0.717, 1.165) is 35.7 Å². The highest BCUT2D eigenvalue weighted by molar-refractivity contribution is 5.93. The quantitative estimate of drug-likeness (QED) is 0.549. The molecule has 0 aliphatic rings. The van der Waals surface area contributed by atoms with Crippen LogP contribution in [0, 0.1) is 5.92 Å². The van der Waals surface area contributed by atoms with Crippen LogP contribution in [0.5, 0.6) is 11.5 Å². The van der Waals surface area contributed by atoms with E-state index >= 15 is 0 Å². The third kappa shape index (κ3) is 7.91. The molecule has 5 heteroatoms. The molecule has 1 unspecified atom stereocenters. The van der Waals surface area contributed by atoms with E-state index < -0.39 is 0 Å². The van der Waals surface area contributed by atoms with Crippen molar-refractivity contribution in [2.24, 2.45) is 5.92 Å². The van der Waals surface area contributed by atoms with E-state index in [0.29, 0.717) is 12.5 Å². The van der Waals surface area contributed by atoms with Crippen LogP contribution in [-0.4, -0.2) is 25.2 Å². The van der Waals surface area contributed by atoms with Crippen LogP contribution in [0.15, 0.2) is 48.5 Å². The summed E-state index contributed by atoms with van der Waals surface area (Å²) in [6.45, 7) is 9.32. The van der Waals surface area contributed by atoms with Gasteiger partial charge in [0, 0.05) is 17.4 Å². The van der Waals surface area contributed by atoms with Crippen molar-refractivity contribution in [1.82, 2.24) is 0 Å². The summed E-state index contributed by atoms with van der Waals surface area (Å²) in [5.41, 5.74) is 1.60. The van der Waals surface area contributed by atoms with Crippen LogP contribution in [0.25, 0.3) is 0 Å². The van der Waals surface area contributed by atoms with E-state index in [2.05, 4.69) is 31.4 Å². The van der Waals surface area contributed by atoms with Crippen LogP contribution in [0.3, 0.4) is 0 Å². The first-order chi connectivity index (χ1) is 13.5. The van der Waals surface area contributed by atoms with Gasteiger partial charge >= 0.3 is 0 Å². The molecule has 0 saturated heterocycles. The van der Waals surface area contributed by atoms with Gasteiger partial charge in [-0.1, -0.05) is 26.8 Å². The zero-order valence-corrected chi connectivity index (χ0v) is 17.3. The Morgan fingerprint density at radius 3 is 2.43 bits per heavy atom. The molecular formula is C23H32N2O3. The molecule has 0 spiro atoms. The van der Waals surface area contributed by atoms with Gasteiger partial charge in [-0.3, -0.25) is 4.79 Å². The largest absolute Gasteiger partial charge is 0.494 e. The minimum absolute atomic E-state index is 0.112. The molecule has 0 heterocycles. The third-order valence-electron chi connectivity index (χ3n) is 4.30. The minimum atomic E-state index is -0.112. The highest BCUT2D eigenvalue weighted by Gasteiger charge is 2.05. The molecular weight excluding hydrogens is 352 g/mol. The van der Waals surface area contributed by atoms with Crippen LogP contribution in [-0.2, 0) is 4.79 Å². The van der Waals surface area contributed by atoms with Crippen molar-refractivity contribution in [3.05, 3.63) is 48.5 Å². The molecule has 2 rings (SSSR count). The molecule has 0 radical (unpaired) electrons. The van der Waals surface area contributed by atoms with Gasteiger partial charge in [-0.15, -0.1) is 0 Å². The summed E-state index contributed by atoms with van der Waals surface area (Å²) in [4.78, 5) is 12.2. The van der Waals surface area contributed by atoms with Crippen LogP contribution >= 0.6 is 0 Å². The molecule has 2 aromatic rings. The third-order valence-corrected chi connectivity index (χ3v) is 4.30. The molecule has 1 amide bonds. The topological polar surface area (TPSA) is 59.6 Å². The van der Waals surface area contributed by atoms with Crippen molar-refractivity contribution in [3.63, 3.8) is 0 Å². The fraction of sp³-hybridized carbons (Fsp3) is 0.435. The van der Waals surface area contributed by atoms with E-state index in [-0.39, 0.29) is 18.6 Å². The Labute approximate surface area is 168 Å². The smallest absolute Gasteiger partial charge is 0.243 e. The lowest BCUT2D eigenvalue weighted by Crippen LogP contribution is -2.21. The first-order valence-electron chi connectivity index (χ1n) is 9.99. The van der Waals surface area contributed by atoms with Gasteiger partial charge < -0.3 is 20.1 Å². The molecule has 1 atom stereocenters. The lowest BCUT2D eigenvalue weighted by molar-refractivity contribution is -0.114. The van der Waals surface area contributed by atoms with Gasteiger partial charge in [-0.25, -0.2) is 0 Å². The van der Waals surface area contributed by atoms with E-state index in [1.807, 2.05) is 55.5 Å². The number of carbonyl (C=O) groups is 1. The van der Waals surface area contributed by atoms with Crippen molar-refractivity contribution in [2.45, 2.75) is 46.6 Å². The predicted octanol–water partition coefficient (Wildman–Crippen LogP) is 5.34. The highest BCUT2D eigenvalue weighted by atomic mass is 16.5. The molecule has 0 fully saturated rings. The van der Waals surface area contributed by atoms with Crippen LogP contribution < -0.4 is 20.1 Å². The lowest BCUT2D eigenvalue weighted by atomic mass is 10.1. The van der Waals surface area contributed by atoms with Crippen molar-refractivity contribution >= 4 is 17.3 Å². The van der Waals surface area contributed by atoms with Gasteiger partial charge in [-0.05, 0) is 62.1 Å². The number of rotatable bonds is 11. The Balaban J connectivity index is 1.79. The van der Waals surface area contributed by atoms with Crippen molar-refractivity contribution in [3.8, 4) is 11.5 Å². The zero-order chi connectivity index (χ0) is 20.4. The Bertz CT molecular complexity index is 729. The Morgan fingerprint density at radius 2 is 1.75 bits per heavy atom. The average Bonchev–Trinajstić information content (AvgIpc) is 2.67. The SMILES string of the molecule is CCC(C)Oc1ccc(NCC(=O)Nc2cccc(OCCC(C)C)c2)cc1. The summed E-state index contributed by atoms with van der Waals surface area (Å²) in [6.07, 6.45) is 2.15. The summed E-state index contributed by atoms with van der Waals surface area (Å²) >= 11 is 0. The first kappa shape index (κ1) is 21.6. The molecule has 0 saturated carbocycles. The van der Waals surface area contributed by atoms with Gasteiger partial charge in [0.05, 0.1) is 19.3 Å². The Kier molecular flexibility index (Phi) is 8.66. The number of hydrogen-bond donors (Lipinski definition) is 2. The first-order valence-corrected chi connectivity index (χ1v) is 9.99. The standard InChI is InChI=1S/C23H32N2O3/c1-5-18(4)28-21-11-9-19(10-12-21)24-16-23(26)25-20-7-6-8-22(15-20)27-14-13-17(2)3/h6-12,15,17-18,24H,5,13-14,16H2,1-4H3,(H,25,26). The van der Waals surface area contributed by atoms with Gasteiger partial charge in [0.15, 0.2) is 0 Å². The summed E-state index contributed by atoms with van der Waals surface area (Å²) < 4.78 is 11.5. The predicted molar refractivity (Wildman–Crippen MR) is 115 cm³/mol. The van der Waals surface area contributed by atoms with E-state index in [4.69, 9.17) is 9.47 Å². The molecule has 0 bridgehead atoms. The summed E-state index contributed by atoms with van der Waals surface area (Å²) in [5.74, 6) is 2.09. The number of benzene rings is 2. The maximum atomic E-state index is 12.2. The van der Waals surface area contributed by atoms with E-state index in [1.54, 1.807) is 0 Å². The molecule has 2 aromatic carbocycles. The normalized spacial score (nSPS) is 11.8. The molecule has 0 aliphatic carbocycles. The van der Waals surface area contributed by atoms with Crippen LogP contribution in [0.2, 0.25) is 0 Å². The molecule has 28 heavy (non-hydrogen) atoms. The molecule has 0 aliphatic heterocycles. The summed E-state index contributed by atoms with van der Waals surface area (Å²) in [5, 5.41) is 6.01. The maximum absolute atomic E-state index is 12.2. The van der Waals surface area contributed by atoms with Crippen molar-refractivity contribution in [2.75, 3.05) is 23.8 Å². The van der Waals surface area contributed by atoms with Gasteiger partial charge in [-0.2, -0.15) is 0 Å². The number of anilines is 2. The molecule has 0 aromatic heterocycles.